The van der Waals surface area contributed by atoms with Gasteiger partial charge in [0.05, 0.1) is 13.2 Å². The van der Waals surface area contributed by atoms with Gasteiger partial charge in [0.1, 0.15) is 18.1 Å². The standard InChI is InChI=1S/C17H29N5O4/c1-4-7-21-15(18)14(20-8-10-26-11-9-20)16(24)22(17(21)25)12-13(23)19(5-2)6-3/h4-12,18H2,1-3H3. The lowest BCUT2D eigenvalue weighted by Gasteiger charge is -2.30. The fraction of sp³-hybridized carbons (Fsp3) is 0.706. The van der Waals surface area contributed by atoms with Crippen molar-refractivity contribution in [2.45, 2.75) is 40.3 Å². The molecule has 9 heteroatoms. The topological polar surface area (TPSA) is 103 Å². The van der Waals surface area contributed by atoms with Gasteiger partial charge in [-0.1, -0.05) is 6.92 Å². The molecule has 1 aromatic heterocycles. The smallest absolute Gasteiger partial charge is 0.333 e. The number of nitrogen functional groups attached to an aromatic ring is 1. The van der Waals surface area contributed by atoms with Gasteiger partial charge in [-0.05, 0) is 20.3 Å². The second kappa shape index (κ2) is 8.88. The highest BCUT2D eigenvalue weighted by atomic mass is 16.5. The Morgan fingerprint density at radius 2 is 1.73 bits per heavy atom. The van der Waals surface area contributed by atoms with Crippen LogP contribution in [0.3, 0.4) is 0 Å². The number of hydrogen-bond acceptors (Lipinski definition) is 6. The van der Waals surface area contributed by atoms with Gasteiger partial charge in [-0.25, -0.2) is 9.36 Å². The van der Waals surface area contributed by atoms with Crippen molar-refractivity contribution in [2.24, 2.45) is 0 Å². The van der Waals surface area contributed by atoms with Crippen molar-refractivity contribution in [1.29, 1.82) is 0 Å². The van der Waals surface area contributed by atoms with E-state index in [0.29, 0.717) is 52.4 Å². The van der Waals surface area contributed by atoms with Gasteiger partial charge in [0.2, 0.25) is 5.91 Å². The van der Waals surface area contributed by atoms with E-state index in [-0.39, 0.29) is 24.0 Å². The van der Waals surface area contributed by atoms with Crippen LogP contribution in [0.15, 0.2) is 9.59 Å². The molecule has 0 radical (unpaired) electrons. The molecule has 0 aliphatic carbocycles. The second-order valence-corrected chi connectivity index (χ2v) is 6.22. The van der Waals surface area contributed by atoms with E-state index in [4.69, 9.17) is 10.5 Å². The average Bonchev–Trinajstić information content (AvgIpc) is 2.64. The van der Waals surface area contributed by atoms with Crippen molar-refractivity contribution in [3.63, 3.8) is 0 Å². The molecule has 1 fully saturated rings. The monoisotopic (exact) mass is 367 g/mol. The van der Waals surface area contributed by atoms with Gasteiger partial charge in [0.25, 0.3) is 5.56 Å². The molecule has 146 valence electrons. The van der Waals surface area contributed by atoms with Crippen molar-refractivity contribution in [3.8, 4) is 0 Å². The second-order valence-electron chi connectivity index (χ2n) is 6.22. The summed E-state index contributed by atoms with van der Waals surface area (Å²) in [5.74, 6) is -0.0924. The van der Waals surface area contributed by atoms with E-state index in [9.17, 15) is 14.4 Å². The molecule has 2 rings (SSSR count). The van der Waals surface area contributed by atoms with Crippen LogP contribution in [0.25, 0.3) is 0 Å². The Labute approximate surface area is 152 Å². The summed E-state index contributed by atoms with van der Waals surface area (Å²) < 4.78 is 7.74. The van der Waals surface area contributed by atoms with Crippen LogP contribution in [0.4, 0.5) is 11.5 Å². The maximum Gasteiger partial charge on any atom is 0.333 e. The highest BCUT2D eigenvalue weighted by Gasteiger charge is 2.25. The molecule has 2 heterocycles. The zero-order valence-electron chi connectivity index (χ0n) is 15.9. The number of amides is 1. The molecule has 1 aliphatic heterocycles. The van der Waals surface area contributed by atoms with Gasteiger partial charge in [-0.2, -0.15) is 0 Å². The number of nitrogens with zero attached hydrogens (tertiary/aromatic N) is 4. The van der Waals surface area contributed by atoms with Gasteiger partial charge in [-0.15, -0.1) is 0 Å². The Morgan fingerprint density at radius 1 is 1.12 bits per heavy atom. The number of aromatic nitrogens is 2. The maximum absolute atomic E-state index is 13.0. The van der Waals surface area contributed by atoms with Crippen LogP contribution in [0.5, 0.6) is 0 Å². The Bertz CT molecular complexity index is 745. The van der Waals surface area contributed by atoms with Crippen molar-refractivity contribution < 1.29 is 9.53 Å². The van der Waals surface area contributed by atoms with Gasteiger partial charge >= 0.3 is 5.69 Å². The van der Waals surface area contributed by atoms with Gasteiger partial charge in [0.15, 0.2) is 0 Å². The third-order valence-electron chi connectivity index (χ3n) is 4.63. The first kappa shape index (κ1) is 20.0. The van der Waals surface area contributed by atoms with E-state index in [1.54, 1.807) is 4.90 Å². The Morgan fingerprint density at radius 3 is 2.27 bits per heavy atom. The number of hydrogen-bond donors (Lipinski definition) is 1. The number of carbonyl (C=O) groups is 1. The lowest BCUT2D eigenvalue weighted by Crippen LogP contribution is -2.49. The van der Waals surface area contributed by atoms with Gasteiger partial charge in [0, 0.05) is 32.7 Å². The number of nitrogens with two attached hydrogens (primary N) is 1. The number of morpholine rings is 1. The molecular weight excluding hydrogens is 338 g/mol. The lowest BCUT2D eigenvalue weighted by atomic mass is 10.3. The predicted octanol–water partition coefficient (Wildman–Crippen LogP) is -0.293. The molecule has 26 heavy (non-hydrogen) atoms. The highest BCUT2D eigenvalue weighted by molar-refractivity contribution is 5.76. The molecule has 1 aliphatic rings. The molecular formula is C17H29N5O4. The summed E-state index contributed by atoms with van der Waals surface area (Å²) in [6.07, 6.45) is 0.689. The summed E-state index contributed by atoms with van der Waals surface area (Å²) >= 11 is 0. The Hall–Kier alpha value is -2.29. The zero-order valence-corrected chi connectivity index (χ0v) is 15.9. The first-order valence-corrected chi connectivity index (χ1v) is 9.19. The molecule has 0 bridgehead atoms. The average molecular weight is 367 g/mol. The van der Waals surface area contributed by atoms with Crippen molar-refractivity contribution in [2.75, 3.05) is 50.0 Å². The van der Waals surface area contributed by atoms with Crippen molar-refractivity contribution in [3.05, 3.63) is 20.8 Å². The maximum atomic E-state index is 13.0. The molecule has 1 aromatic rings. The van der Waals surface area contributed by atoms with Gasteiger partial charge < -0.3 is 20.3 Å². The summed E-state index contributed by atoms with van der Waals surface area (Å²) in [6, 6.07) is 0. The van der Waals surface area contributed by atoms with E-state index in [0.717, 1.165) is 4.57 Å². The SMILES string of the molecule is CCCn1c(N)c(N2CCOCC2)c(=O)n(CC(=O)N(CC)CC)c1=O. The Balaban J connectivity index is 2.56. The highest BCUT2D eigenvalue weighted by Crippen LogP contribution is 2.18. The minimum Gasteiger partial charge on any atom is -0.383 e. The number of carbonyl (C=O) groups excluding carboxylic acids is 1. The number of likely N-dealkylation sites (N-methyl/N-ethyl adjacent to an activating group) is 1. The molecule has 1 amide bonds. The number of ether oxygens (including phenoxy) is 1. The first-order chi connectivity index (χ1) is 12.5. The zero-order chi connectivity index (χ0) is 19.3. The first-order valence-electron chi connectivity index (χ1n) is 9.19. The van der Waals surface area contributed by atoms with Crippen LogP contribution < -0.4 is 21.9 Å². The molecule has 0 spiro atoms. The largest absolute Gasteiger partial charge is 0.383 e. The normalized spacial score (nSPS) is 14.5. The minimum absolute atomic E-state index is 0.162. The van der Waals surface area contributed by atoms with Crippen LogP contribution in [0.1, 0.15) is 27.2 Å². The van der Waals surface area contributed by atoms with Crippen molar-refractivity contribution >= 4 is 17.4 Å². The van der Waals surface area contributed by atoms with Gasteiger partial charge in [-0.3, -0.25) is 14.2 Å². The van der Waals surface area contributed by atoms with Crippen LogP contribution >= 0.6 is 0 Å². The summed E-state index contributed by atoms with van der Waals surface area (Å²) in [4.78, 5) is 41.7. The Kier molecular flexibility index (Phi) is 6.84. The lowest BCUT2D eigenvalue weighted by molar-refractivity contribution is -0.131. The van der Waals surface area contributed by atoms with E-state index in [2.05, 4.69) is 0 Å². The quantitative estimate of drug-likeness (QED) is 0.710. The third-order valence-corrected chi connectivity index (χ3v) is 4.63. The molecule has 0 unspecified atom stereocenters. The minimum atomic E-state index is -0.535. The molecule has 0 aromatic carbocycles. The number of anilines is 2. The van der Waals surface area contributed by atoms with E-state index in [1.807, 2.05) is 25.7 Å². The molecule has 0 atom stereocenters. The van der Waals surface area contributed by atoms with Crippen LogP contribution in [-0.4, -0.2) is 59.3 Å². The van der Waals surface area contributed by atoms with Crippen molar-refractivity contribution in [1.82, 2.24) is 14.0 Å². The predicted molar refractivity (Wildman–Crippen MR) is 101 cm³/mol. The fourth-order valence-electron chi connectivity index (χ4n) is 3.18. The van der Waals surface area contributed by atoms with Crippen LogP contribution in [0.2, 0.25) is 0 Å². The van der Waals surface area contributed by atoms with E-state index >= 15 is 0 Å². The fourth-order valence-corrected chi connectivity index (χ4v) is 3.18. The molecule has 0 saturated carbocycles. The van der Waals surface area contributed by atoms with E-state index in [1.165, 1.54) is 4.57 Å². The molecule has 1 saturated heterocycles. The number of rotatable bonds is 7. The van der Waals surface area contributed by atoms with E-state index < -0.39 is 11.2 Å². The molecule has 9 nitrogen and oxygen atoms in total. The summed E-state index contributed by atoms with van der Waals surface area (Å²) in [5.41, 5.74) is 5.42. The summed E-state index contributed by atoms with van der Waals surface area (Å²) in [6.45, 7) is 8.84. The molecule has 2 N–H and O–H groups in total. The van der Waals surface area contributed by atoms with Crippen LogP contribution in [0, 0.1) is 0 Å². The summed E-state index contributed by atoms with van der Waals surface area (Å²) in [5, 5.41) is 0. The summed E-state index contributed by atoms with van der Waals surface area (Å²) in [7, 11) is 0. The van der Waals surface area contributed by atoms with Crippen LogP contribution in [-0.2, 0) is 22.6 Å². The third kappa shape index (κ3) is 3.92.